The molecule has 0 aliphatic rings. The lowest BCUT2D eigenvalue weighted by Crippen LogP contribution is -2.18. The number of nitrogens with zero attached hydrogens (tertiary/aromatic N) is 4. The number of rotatable bonds is 6. The summed E-state index contributed by atoms with van der Waals surface area (Å²) >= 11 is 1.61. The summed E-state index contributed by atoms with van der Waals surface area (Å²) in [6, 6.07) is 4.69. The molecular weight excluding hydrogens is 288 g/mol. The number of thioether (sulfide) groups is 1. The van der Waals surface area contributed by atoms with Gasteiger partial charge in [-0.2, -0.15) is 4.98 Å². The largest absolute Gasteiger partial charge is 0.419 e. The highest BCUT2D eigenvalue weighted by Crippen LogP contribution is 2.21. The maximum absolute atomic E-state index is 11.3. The normalized spacial score (nSPS) is 10.6. The molecule has 0 aliphatic carbocycles. The fraction of sp³-hybridized carbons (Fsp3) is 0.429. The van der Waals surface area contributed by atoms with Gasteiger partial charge in [0.2, 0.25) is 11.8 Å². The third-order valence-electron chi connectivity index (χ3n) is 2.68. The van der Waals surface area contributed by atoms with Crippen LogP contribution in [0, 0.1) is 6.92 Å². The smallest absolute Gasteiger partial charge is 0.266 e. The molecule has 2 rings (SSSR count). The number of aryl methyl sites for hydroxylation is 2. The van der Waals surface area contributed by atoms with E-state index in [-0.39, 0.29) is 5.56 Å². The first kappa shape index (κ1) is 15.5. The number of unbranched alkanes of at least 4 members (excludes halogenated alkanes) is 1. The molecule has 2 aromatic heterocycles. The highest BCUT2D eigenvalue weighted by molar-refractivity contribution is 7.99. The Balaban J connectivity index is 2.15. The van der Waals surface area contributed by atoms with Crippen molar-refractivity contribution in [1.82, 2.24) is 19.7 Å². The molecule has 112 valence electrons. The van der Waals surface area contributed by atoms with Crippen LogP contribution in [-0.2, 0) is 7.05 Å². The van der Waals surface area contributed by atoms with E-state index in [0.717, 1.165) is 24.3 Å². The zero-order valence-electron chi connectivity index (χ0n) is 12.4. The maximum Gasteiger partial charge on any atom is 0.266 e. The van der Waals surface area contributed by atoms with Crippen LogP contribution in [-0.4, -0.2) is 25.5 Å². The molecule has 7 heteroatoms. The minimum Gasteiger partial charge on any atom is -0.419 e. The number of hydrogen-bond acceptors (Lipinski definition) is 6. The lowest BCUT2D eigenvalue weighted by Gasteiger charge is -2.07. The summed E-state index contributed by atoms with van der Waals surface area (Å²) < 4.78 is 6.83. The van der Waals surface area contributed by atoms with Crippen molar-refractivity contribution < 1.29 is 4.74 Å². The van der Waals surface area contributed by atoms with Crippen LogP contribution in [0.15, 0.2) is 28.2 Å². The summed E-state index contributed by atoms with van der Waals surface area (Å²) in [7, 11) is 1.58. The standard InChI is InChI=1S/C14H18N4O2S/c1-4-5-8-21-14-15-10(2)9-12(16-14)20-11-6-7-13(19)18(3)17-11/h6-7,9H,4-5,8H2,1-3H3. The molecule has 0 unspecified atom stereocenters. The van der Waals surface area contributed by atoms with Gasteiger partial charge in [-0.15, -0.1) is 5.10 Å². The van der Waals surface area contributed by atoms with Crippen molar-refractivity contribution in [3.05, 3.63) is 34.2 Å². The average Bonchev–Trinajstić information content (AvgIpc) is 2.43. The molecule has 6 nitrogen and oxygen atoms in total. The lowest BCUT2D eigenvalue weighted by atomic mass is 10.4. The molecule has 0 amide bonds. The fourth-order valence-corrected chi connectivity index (χ4v) is 2.56. The molecule has 0 N–H and O–H groups in total. The number of aromatic nitrogens is 4. The van der Waals surface area contributed by atoms with E-state index in [9.17, 15) is 4.79 Å². The highest BCUT2D eigenvalue weighted by Gasteiger charge is 2.06. The van der Waals surface area contributed by atoms with E-state index in [2.05, 4.69) is 22.0 Å². The minimum atomic E-state index is -0.183. The van der Waals surface area contributed by atoms with Crippen molar-refractivity contribution in [2.24, 2.45) is 7.05 Å². The number of ether oxygens (including phenoxy) is 1. The van der Waals surface area contributed by atoms with E-state index < -0.39 is 0 Å². The van der Waals surface area contributed by atoms with Gasteiger partial charge in [0.25, 0.3) is 5.56 Å². The molecule has 0 aromatic carbocycles. The van der Waals surface area contributed by atoms with Crippen molar-refractivity contribution in [2.45, 2.75) is 31.8 Å². The molecule has 0 spiro atoms. The monoisotopic (exact) mass is 306 g/mol. The Kier molecular flexibility index (Phi) is 5.32. The van der Waals surface area contributed by atoms with Gasteiger partial charge in [0, 0.05) is 36.7 Å². The average molecular weight is 306 g/mol. The summed E-state index contributed by atoms with van der Waals surface area (Å²) in [6.07, 6.45) is 2.27. The molecule has 0 aliphatic heterocycles. The Bertz CT molecular complexity index is 672. The highest BCUT2D eigenvalue weighted by atomic mass is 32.2. The lowest BCUT2D eigenvalue weighted by molar-refractivity contribution is 0.418. The van der Waals surface area contributed by atoms with Crippen molar-refractivity contribution >= 4 is 11.8 Å². The van der Waals surface area contributed by atoms with Gasteiger partial charge in [0.15, 0.2) is 5.16 Å². The second-order valence-electron chi connectivity index (χ2n) is 4.57. The first-order chi connectivity index (χ1) is 10.1. The van der Waals surface area contributed by atoms with E-state index in [1.807, 2.05) is 6.92 Å². The van der Waals surface area contributed by atoms with Crippen molar-refractivity contribution in [2.75, 3.05) is 5.75 Å². The molecular formula is C14H18N4O2S. The van der Waals surface area contributed by atoms with Gasteiger partial charge < -0.3 is 4.74 Å². The van der Waals surface area contributed by atoms with Crippen LogP contribution in [0.5, 0.6) is 11.8 Å². The Morgan fingerprint density at radius 2 is 2.10 bits per heavy atom. The van der Waals surface area contributed by atoms with E-state index in [1.54, 1.807) is 24.9 Å². The van der Waals surface area contributed by atoms with Crippen LogP contribution in [0.4, 0.5) is 0 Å². The van der Waals surface area contributed by atoms with Gasteiger partial charge in [-0.3, -0.25) is 4.79 Å². The zero-order valence-corrected chi connectivity index (χ0v) is 13.2. The fourth-order valence-electron chi connectivity index (χ4n) is 1.58. The SMILES string of the molecule is CCCCSc1nc(C)cc(Oc2ccc(=O)n(C)n2)n1. The van der Waals surface area contributed by atoms with E-state index in [0.29, 0.717) is 16.9 Å². The second kappa shape index (κ2) is 7.21. The first-order valence-corrected chi connectivity index (χ1v) is 7.77. The Labute approximate surface area is 127 Å². The number of hydrogen-bond donors (Lipinski definition) is 0. The molecule has 0 bridgehead atoms. The summed E-state index contributed by atoms with van der Waals surface area (Å²) in [5.41, 5.74) is 0.654. The second-order valence-corrected chi connectivity index (χ2v) is 5.63. The van der Waals surface area contributed by atoms with E-state index in [1.165, 1.54) is 16.8 Å². The summed E-state index contributed by atoms with van der Waals surface area (Å²) in [6.45, 7) is 4.05. The molecule has 0 fully saturated rings. The zero-order chi connectivity index (χ0) is 15.2. The van der Waals surface area contributed by atoms with Crippen LogP contribution in [0.25, 0.3) is 0 Å². The van der Waals surface area contributed by atoms with Gasteiger partial charge in [0.1, 0.15) is 0 Å². The Morgan fingerprint density at radius 1 is 1.29 bits per heavy atom. The minimum absolute atomic E-state index is 0.183. The first-order valence-electron chi connectivity index (χ1n) is 6.79. The maximum atomic E-state index is 11.3. The van der Waals surface area contributed by atoms with Gasteiger partial charge in [-0.05, 0) is 13.3 Å². The van der Waals surface area contributed by atoms with Gasteiger partial charge in [-0.25, -0.2) is 9.67 Å². The molecule has 2 aromatic rings. The van der Waals surface area contributed by atoms with Gasteiger partial charge >= 0.3 is 0 Å². The summed E-state index contributed by atoms with van der Waals surface area (Å²) in [5, 5.41) is 4.71. The predicted molar refractivity (Wildman–Crippen MR) is 82.0 cm³/mol. The van der Waals surface area contributed by atoms with Crippen molar-refractivity contribution in [3.8, 4) is 11.8 Å². The Hall–Kier alpha value is -1.89. The van der Waals surface area contributed by atoms with Crippen LogP contribution in [0.3, 0.4) is 0 Å². The molecule has 2 heterocycles. The quantitative estimate of drug-likeness (QED) is 0.464. The van der Waals surface area contributed by atoms with Crippen molar-refractivity contribution in [1.29, 1.82) is 0 Å². The predicted octanol–water partition coefficient (Wildman–Crippen LogP) is 2.56. The molecule has 0 atom stereocenters. The molecule has 0 saturated heterocycles. The topological polar surface area (TPSA) is 69.9 Å². The summed E-state index contributed by atoms with van der Waals surface area (Å²) in [5.74, 6) is 1.75. The third kappa shape index (κ3) is 4.56. The van der Waals surface area contributed by atoms with Crippen LogP contribution >= 0.6 is 11.8 Å². The van der Waals surface area contributed by atoms with Crippen molar-refractivity contribution in [3.63, 3.8) is 0 Å². The van der Waals surface area contributed by atoms with Gasteiger partial charge in [0.05, 0.1) is 0 Å². The van der Waals surface area contributed by atoms with Crippen LogP contribution in [0.1, 0.15) is 25.5 Å². The molecule has 21 heavy (non-hydrogen) atoms. The van der Waals surface area contributed by atoms with Gasteiger partial charge in [-0.1, -0.05) is 25.1 Å². The van der Waals surface area contributed by atoms with E-state index >= 15 is 0 Å². The third-order valence-corrected chi connectivity index (χ3v) is 3.62. The molecule has 0 saturated carbocycles. The van der Waals surface area contributed by atoms with Crippen LogP contribution in [0.2, 0.25) is 0 Å². The Morgan fingerprint density at radius 3 is 2.81 bits per heavy atom. The molecule has 0 radical (unpaired) electrons. The van der Waals surface area contributed by atoms with Crippen LogP contribution < -0.4 is 10.3 Å². The van der Waals surface area contributed by atoms with E-state index in [4.69, 9.17) is 4.74 Å². The summed E-state index contributed by atoms with van der Waals surface area (Å²) in [4.78, 5) is 20.0.